The molecule has 0 spiro atoms. The van der Waals surface area contributed by atoms with Gasteiger partial charge in [-0.1, -0.05) is 41.9 Å². The topological polar surface area (TPSA) is 81.8 Å². The molecule has 2 aliphatic heterocycles. The summed E-state index contributed by atoms with van der Waals surface area (Å²) in [5.74, 6) is -0.831. The molecule has 4 rings (SSSR count). The lowest BCUT2D eigenvalue weighted by Crippen LogP contribution is -2.45. The summed E-state index contributed by atoms with van der Waals surface area (Å²) in [7, 11) is 0. The number of hydrogen-bond acceptors (Lipinski definition) is 4. The van der Waals surface area contributed by atoms with Crippen molar-refractivity contribution in [3.8, 4) is 0 Å². The van der Waals surface area contributed by atoms with Crippen LogP contribution in [-0.4, -0.2) is 47.9 Å². The van der Waals surface area contributed by atoms with Crippen molar-refractivity contribution in [2.45, 2.75) is 38.1 Å². The van der Waals surface area contributed by atoms with Crippen LogP contribution in [0.1, 0.15) is 31.7 Å². The monoisotopic (exact) mass is 454 g/mol. The Morgan fingerprint density at radius 3 is 2.56 bits per heavy atom. The van der Waals surface area contributed by atoms with Gasteiger partial charge in [0.25, 0.3) is 5.91 Å². The third-order valence-electron chi connectivity index (χ3n) is 6.08. The number of aryl methyl sites for hydroxylation is 1. The molecule has 7 nitrogen and oxygen atoms in total. The van der Waals surface area contributed by atoms with Crippen LogP contribution in [0.4, 0.5) is 16.2 Å². The van der Waals surface area contributed by atoms with Gasteiger partial charge in [0, 0.05) is 18.1 Å². The first-order valence-corrected chi connectivity index (χ1v) is 11.3. The van der Waals surface area contributed by atoms with Gasteiger partial charge in [-0.15, -0.1) is 0 Å². The maximum atomic E-state index is 13.0. The minimum atomic E-state index is -1.04. The minimum absolute atomic E-state index is 0.350. The third kappa shape index (κ3) is 4.72. The number of nitrogens with one attached hydrogen (secondary N) is 2. The zero-order valence-electron chi connectivity index (χ0n) is 18.1. The maximum absolute atomic E-state index is 13.0. The Hall–Kier alpha value is -3.06. The lowest BCUT2D eigenvalue weighted by molar-refractivity contribution is -0.133. The number of carbonyl (C=O) groups is 3. The zero-order chi connectivity index (χ0) is 22.7. The molecule has 2 saturated heterocycles. The molecule has 2 heterocycles. The number of benzene rings is 2. The molecule has 2 aromatic carbocycles. The van der Waals surface area contributed by atoms with Crippen molar-refractivity contribution in [1.82, 2.24) is 10.2 Å². The van der Waals surface area contributed by atoms with E-state index in [1.165, 1.54) is 0 Å². The lowest BCUT2D eigenvalue weighted by Gasteiger charge is -2.23. The highest BCUT2D eigenvalue weighted by molar-refractivity contribution is 6.31. The number of anilines is 2. The van der Waals surface area contributed by atoms with Crippen LogP contribution in [0.3, 0.4) is 0 Å². The van der Waals surface area contributed by atoms with Crippen molar-refractivity contribution in [3.63, 3.8) is 0 Å². The Bertz CT molecular complexity index is 1020. The van der Waals surface area contributed by atoms with E-state index >= 15 is 0 Å². The van der Waals surface area contributed by atoms with Crippen LogP contribution in [-0.2, 0) is 16.0 Å². The predicted molar refractivity (Wildman–Crippen MR) is 125 cm³/mol. The Kier molecular flexibility index (Phi) is 6.37. The van der Waals surface area contributed by atoms with Crippen LogP contribution < -0.4 is 15.5 Å². The number of urea groups is 1. The first-order valence-electron chi connectivity index (χ1n) is 10.9. The molecule has 8 heteroatoms. The van der Waals surface area contributed by atoms with E-state index in [0.29, 0.717) is 23.6 Å². The zero-order valence-corrected chi connectivity index (χ0v) is 18.8. The highest BCUT2D eigenvalue weighted by Gasteiger charge is 2.47. The van der Waals surface area contributed by atoms with E-state index in [-0.39, 0.29) is 12.5 Å². The summed E-state index contributed by atoms with van der Waals surface area (Å²) in [4.78, 5) is 41.5. The van der Waals surface area contributed by atoms with Gasteiger partial charge >= 0.3 is 6.03 Å². The van der Waals surface area contributed by atoms with Crippen LogP contribution in [0.2, 0.25) is 5.02 Å². The van der Waals surface area contributed by atoms with E-state index in [1.54, 1.807) is 19.1 Å². The minimum Gasteiger partial charge on any atom is -0.370 e. The van der Waals surface area contributed by atoms with Gasteiger partial charge in [-0.25, -0.2) is 4.79 Å². The van der Waals surface area contributed by atoms with Gasteiger partial charge in [0.05, 0.1) is 11.4 Å². The number of amides is 4. The second-order valence-corrected chi connectivity index (χ2v) is 8.98. The molecule has 4 amide bonds. The Morgan fingerprint density at radius 1 is 1.12 bits per heavy atom. The molecule has 168 valence electrons. The largest absolute Gasteiger partial charge is 0.370 e. The van der Waals surface area contributed by atoms with Gasteiger partial charge in [-0.2, -0.15) is 0 Å². The summed E-state index contributed by atoms with van der Waals surface area (Å²) >= 11 is 6.15. The number of rotatable bonds is 7. The van der Waals surface area contributed by atoms with Crippen molar-refractivity contribution < 1.29 is 14.4 Å². The molecule has 32 heavy (non-hydrogen) atoms. The van der Waals surface area contributed by atoms with Gasteiger partial charge in [-0.3, -0.25) is 14.5 Å². The molecule has 0 saturated carbocycles. The number of nitrogens with zero attached hydrogens (tertiary/aromatic N) is 2. The van der Waals surface area contributed by atoms with E-state index in [1.807, 2.05) is 36.4 Å². The van der Waals surface area contributed by atoms with E-state index in [0.717, 1.165) is 42.1 Å². The van der Waals surface area contributed by atoms with Crippen LogP contribution in [0.25, 0.3) is 0 Å². The Morgan fingerprint density at radius 2 is 1.84 bits per heavy atom. The summed E-state index contributed by atoms with van der Waals surface area (Å²) < 4.78 is 0. The molecule has 1 atom stereocenters. The molecule has 2 fully saturated rings. The summed E-state index contributed by atoms with van der Waals surface area (Å²) in [5, 5.41) is 6.11. The van der Waals surface area contributed by atoms with E-state index in [2.05, 4.69) is 15.5 Å². The highest BCUT2D eigenvalue weighted by atomic mass is 35.5. The van der Waals surface area contributed by atoms with Gasteiger partial charge in [-0.05, 0) is 56.4 Å². The number of halogens is 1. The average molecular weight is 455 g/mol. The van der Waals surface area contributed by atoms with Crippen molar-refractivity contribution in [3.05, 3.63) is 59.1 Å². The SMILES string of the molecule is C[C@]1(CCc2ccccc2)NC(=O)N(CC(=O)Nc2cc(Cl)ccc2N2CCCC2)C1=O. The van der Waals surface area contributed by atoms with Gasteiger partial charge < -0.3 is 15.5 Å². The second-order valence-electron chi connectivity index (χ2n) is 8.54. The third-order valence-corrected chi connectivity index (χ3v) is 6.32. The predicted octanol–water partition coefficient (Wildman–Crippen LogP) is 3.82. The average Bonchev–Trinajstić information content (AvgIpc) is 3.37. The molecule has 0 bridgehead atoms. The number of carbonyl (C=O) groups excluding carboxylic acids is 3. The van der Waals surface area contributed by atoms with Crippen molar-refractivity contribution >= 4 is 40.8 Å². The highest BCUT2D eigenvalue weighted by Crippen LogP contribution is 2.32. The van der Waals surface area contributed by atoms with Gasteiger partial charge in [0.2, 0.25) is 5.91 Å². The maximum Gasteiger partial charge on any atom is 0.325 e. The quantitative estimate of drug-likeness (QED) is 0.623. The molecule has 0 aromatic heterocycles. The fraction of sp³-hybridized carbons (Fsp3) is 0.375. The molecule has 2 aromatic rings. The van der Waals surface area contributed by atoms with Crippen LogP contribution >= 0.6 is 11.6 Å². The van der Waals surface area contributed by atoms with E-state index in [9.17, 15) is 14.4 Å². The van der Waals surface area contributed by atoms with Crippen molar-refractivity contribution in [1.29, 1.82) is 0 Å². The Balaban J connectivity index is 1.42. The molecule has 2 aliphatic rings. The fourth-order valence-electron chi connectivity index (χ4n) is 4.27. The number of hydrogen-bond donors (Lipinski definition) is 2. The van der Waals surface area contributed by atoms with Gasteiger partial charge in [0.15, 0.2) is 0 Å². The molecule has 0 aliphatic carbocycles. The normalized spacial score (nSPS) is 20.6. The summed E-state index contributed by atoms with van der Waals surface area (Å²) in [6.45, 7) is 3.18. The van der Waals surface area contributed by atoms with Crippen molar-refractivity contribution in [2.75, 3.05) is 29.9 Å². The molecule has 2 N–H and O–H groups in total. The molecule has 0 unspecified atom stereocenters. The lowest BCUT2D eigenvalue weighted by atomic mass is 9.93. The first kappa shape index (κ1) is 22.1. The van der Waals surface area contributed by atoms with Gasteiger partial charge in [0.1, 0.15) is 12.1 Å². The van der Waals surface area contributed by atoms with Crippen LogP contribution in [0.15, 0.2) is 48.5 Å². The second kappa shape index (κ2) is 9.20. The standard InChI is InChI=1S/C24H27ClN4O3/c1-24(12-11-17-7-3-2-4-8-17)22(31)29(23(32)27-24)16-21(30)26-19-15-18(25)9-10-20(19)28-13-5-6-14-28/h2-4,7-10,15H,5-6,11-14,16H2,1H3,(H,26,30)(H,27,32)/t24-/m1/s1. The van der Waals surface area contributed by atoms with Crippen LogP contribution in [0.5, 0.6) is 0 Å². The number of imide groups is 1. The van der Waals surface area contributed by atoms with E-state index in [4.69, 9.17) is 11.6 Å². The summed E-state index contributed by atoms with van der Waals surface area (Å²) in [5.41, 5.74) is 1.53. The molecule has 0 radical (unpaired) electrons. The molecular weight excluding hydrogens is 428 g/mol. The fourth-order valence-corrected chi connectivity index (χ4v) is 4.45. The molecular formula is C24H27ClN4O3. The summed E-state index contributed by atoms with van der Waals surface area (Å²) in [6.07, 6.45) is 3.29. The first-order chi connectivity index (χ1) is 15.4. The van der Waals surface area contributed by atoms with Crippen molar-refractivity contribution in [2.24, 2.45) is 0 Å². The Labute approximate surface area is 192 Å². The van der Waals surface area contributed by atoms with E-state index < -0.39 is 17.5 Å². The summed E-state index contributed by atoms with van der Waals surface area (Å²) in [6, 6.07) is 14.6. The smallest absolute Gasteiger partial charge is 0.325 e. The van der Waals surface area contributed by atoms with Crippen LogP contribution in [0, 0.1) is 0 Å².